The smallest absolute Gasteiger partial charge is 0.387 e. The molecule has 0 saturated heterocycles. The molecule has 0 aliphatic heterocycles. The maximum absolute atomic E-state index is 12.9. The van der Waals surface area contributed by atoms with Gasteiger partial charge in [-0.05, 0) is 71.1 Å². The van der Waals surface area contributed by atoms with Gasteiger partial charge in [-0.15, -0.1) is 0 Å². The van der Waals surface area contributed by atoms with Crippen molar-refractivity contribution in [2.75, 3.05) is 40.9 Å². The number of allylic oxidation sites excluding steroid dienone is 9. The number of carbonyl (C=O) groups excluding carboxylic acids is 1. The van der Waals surface area contributed by atoms with E-state index >= 15 is 0 Å². The van der Waals surface area contributed by atoms with E-state index < -0.39 is 20.0 Å². The highest BCUT2D eigenvalue weighted by atomic mass is 31.2. The summed E-state index contributed by atoms with van der Waals surface area (Å²) in [5.74, 6) is -0.194. The van der Waals surface area contributed by atoms with Crippen LogP contribution in [0.25, 0.3) is 0 Å². The number of rotatable bonds is 52. The van der Waals surface area contributed by atoms with E-state index in [4.69, 9.17) is 9.05 Å². The molecule has 0 saturated carbocycles. The Balaban J connectivity index is 3.87. The van der Waals surface area contributed by atoms with Gasteiger partial charge in [-0.2, -0.15) is 0 Å². The molecule has 0 aliphatic carbocycles. The lowest BCUT2D eigenvalue weighted by atomic mass is 10.0. The number of nitrogens with one attached hydrogen (secondary N) is 1. The first kappa shape index (κ1) is 66.2. The number of carbonyl (C=O) groups is 1. The van der Waals surface area contributed by atoms with Gasteiger partial charge in [-0.1, -0.05) is 241 Å². The number of phosphoric acid groups is 1. The molecule has 0 aromatic carbocycles. The zero-order valence-electron chi connectivity index (χ0n) is 45.3. The van der Waals surface area contributed by atoms with Crippen LogP contribution in [0.3, 0.4) is 0 Å². The molecule has 0 radical (unpaired) electrons. The summed E-state index contributed by atoms with van der Waals surface area (Å²) in [6, 6.07) is -0.869. The summed E-state index contributed by atoms with van der Waals surface area (Å²) in [5, 5.41) is 13.8. The molecular formula is C59H112N2O6P+. The first-order valence-corrected chi connectivity index (χ1v) is 30.1. The van der Waals surface area contributed by atoms with Crippen molar-refractivity contribution in [1.82, 2.24) is 5.32 Å². The fourth-order valence-corrected chi connectivity index (χ4v) is 9.03. The molecule has 3 atom stereocenters. The quantitative estimate of drug-likeness (QED) is 0.0243. The summed E-state index contributed by atoms with van der Waals surface area (Å²) < 4.78 is 23.5. The Hall–Kier alpha value is -1.80. The van der Waals surface area contributed by atoms with Crippen molar-refractivity contribution < 1.29 is 32.9 Å². The molecule has 0 aliphatic rings. The van der Waals surface area contributed by atoms with Crippen molar-refractivity contribution >= 4 is 13.7 Å². The average molecular weight is 977 g/mol. The van der Waals surface area contributed by atoms with E-state index in [2.05, 4.69) is 60.8 Å². The zero-order chi connectivity index (χ0) is 49.9. The number of phosphoric ester groups is 1. The molecule has 0 bridgehead atoms. The average Bonchev–Trinajstić information content (AvgIpc) is 3.30. The normalized spacial score (nSPS) is 14.4. The number of amides is 1. The van der Waals surface area contributed by atoms with Gasteiger partial charge < -0.3 is 19.8 Å². The predicted octanol–water partition coefficient (Wildman–Crippen LogP) is 17.3. The molecule has 0 aromatic rings. The van der Waals surface area contributed by atoms with Crippen molar-refractivity contribution in [3.63, 3.8) is 0 Å². The summed E-state index contributed by atoms with van der Waals surface area (Å²) in [6.07, 6.45) is 68.2. The van der Waals surface area contributed by atoms with Crippen molar-refractivity contribution in [2.24, 2.45) is 0 Å². The molecular weight excluding hydrogens is 864 g/mol. The molecule has 8 nitrogen and oxygen atoms in total. The van der Waals surface area contributed by atoms with Gasteiger partial charge in [0.05, 0.1) is 39.9 Å². The molecule has 0 fully saturated rings. The minimum atomic E-state index is -4.35. The van der Waals surface area contributed by atoms with Crippen LogP contribution >= 0.6 is 7.82 Å². The Kier molecular flexibility index (Phi) is 48.8. The van der Waals surface area contributed by atoms with E-state index in [1.165, 1.54) is 186 Å². The predicted molar refractivity (Wildman–Crippen MR) is 295 cm³/mol. The topological polar surface area (TPSA) is 105 Å². The van der Waals surface area contributed by atoms with Gasteiger partial charge in [0.15, 0.2) is 0 Å². The van der Waals surface area contributed by atoms with Crippen molar-refractivity contribution in [3.05, 3.63) is 60.8 Å². The maximum Gasteiger partial charge on any atom is 0.472 e. The second kappa shape index (κ2) is 50.2. The minimum absolute atomic E-state index is 0.0521. The Morgan fingerprint density at radius 1 is 0.529 bits per heavy atom. The summed E-state index contributed by atoms with van der Waals surface area (Å²) in [6.45, 7) is 4.56. The van der Waals surface area contributed by atoms with Crippen LogP contribution in [0.15, 0.2) is 60.8 Å². The number of quaternary nitrogens is 1. The number of nitrogens with zero attached hydrogens (tertiary/aromatic N) is 1. The Labute approximate surface area is 422 Å². The Bertz CT molecular complexity index is 1290. The van der Waals surface area contributed by atoms with Gasteiger partial charge in [-0.25, -0.2) is 4.57 Å². The highest BCUT2D eigenvalue weighted by Crippen LogP contribution is 2.43. The van der Waals surface area contributed by atoms with Gasteiger partial charge in [0.1, 0.15) is 13.2 Å². The highest BCUT2D eigenvalue weighted by Gasteiger charge is 2.27. The number of likely N-dealkylation sites (N-methyl/N-ethyl adjacent to an activating group) is 1. The summed E-state index contributed by atoms with van der Waals surface area (Å²) >= 11 is 0. The number of hydrogen-bond acceptors (Lipinski definition) is 5. The van der Waals surface area contributed by atoms with Crippen LogP contribution < -0.4 is 5.32 Å². The second-order valence-corrected chi connectivity index (χ2v) is 22.1. The summed E-state index contributed by atoms with van der Waals surface area (Å²) in [4.78, 5) is 23.1. The van der Waals surface area contributed by atoms with Gasteiger partial charge >= 0.3 is 7.82 Å². The van der Waals surface area contributed by atoms with Crippen LogP contribution in [0, 0.1) is 0 Å². The minimum Gasteiger partial charge on any atom is -0.387 e. The van der Waals surface area contributed by atoms with Gasteiger partial charge in [-0.3, -0.25) is 13.8 Å². The van der Waals surface area contributed by atoms with Gasteiger partial charge in [0.25, 0.3) is 0 Å². The molecule has 398 valence electrons. The molecule has 9 heteroatoms. The van der Waals surface area contributed by atoms with E-state index in [1.54, 1.807) is 6.08 Å². The molecule has 68 heavy (non-hydrogen) atoms. The van der Waals surface area contributed by atoms with Crippen LogP contribution in [0.4, 0.5) is 0 Å². The zero-order valence-corrected chi connectivity index (χ0v) is 46.2. The first-order chi connectivity index (χ1) is 33.0. The fourth-order valence-electron chi connectivity index (χ4n) is 8.29. The van der Waals surface area contributed by atoms with Crippen LogP contribution in [-0.4, -0.2) is 73.4 Å². The Morgan fingerprint density at radius 2 is 0.912 bits per heavy atom. The molecule has 0 heterocycles. The van der Waals surface area contributed by atoms with Gasteiger partial charge in [0, 0.05) is 6.42 Å². The summed E-state index contributed by atoms with van der Waals surface area (Å²) in [7, 11) is 1.54. The third kappa shape index (κ3) is 52.0. The van der Waals surface area contributed by atoms with E-state index in [0.717, 1.165) is 51.4 Å². The lowest BCUT2D eigenvalue weighted by molar-refractivity contribution is -0.870. The van der Waals surface area contributed by atoms with Gasteiger partial charge in [0.2, 0.25) is 5.91 Å². The Morgan fingerprint density at radius 3 is 1.34 bits per heavy atom. The van der Waals surface area contributed by atoms with Crippen LogP contribution in [-0.2, 0) is 18.4 Å². The maximum atomic E-state index is 12.9. The third-order valence-electron chi connectivity index (χ3n) is 12.8. The number of unbranched alkanes of at least 4 members (excludes halogenated alkanes) is 32. The van der Waals surface area contributed by atoms with E-state index in [9.17, 15) is 19.4 Å². The van der Waals surface area contributed by atoms with E-state index in [0.29, 0.717) is 17.4 Å². The second-order valence-electron chi connectivity index (χ2n) is 20.7. The van der Waals surface area contributed by atoms with Crippen molar-refractivity contribution in [2.45, 2.75) is 270 Å². The van der Waals surface area contributed by atoms with E-state index in [1.807, 2.05) is 34.1 Å². The largest absolute Gasteiger partial charge is 0.472 e. The van der Waals surface area contributed by atoms with Crippen LogP contribution in [0.1, 0.15) is 258 Å². The molecule has 0 spiro atoms. The molecule has 1 amide bonds. The molecule has 3 N–H and O–H groups in total. The number of hydrogen-bond donors (Lipinski definition) is 3. The lowest BCUT2D eigenvalue weighted by Crippen LogP contribution is -2.45. The number of aliphatic hydroxyl groups excluding tert-OH is 1. The lowest BCUT2D eigenvalue weighted by Gasteiger charge is -2.25. The monoisotopic (exact) mass is 976 g/mol. The third-order valence-corrected chi connectivity index (χ3v) is 13.8. The highest BCUT2D eigenvalue weighted by molar-refractivity contribution is 7.47. The fraction of sp³-hybridized carbons (Fsp3) is 0.814. The molecule has 3 unspecified atom stereocenters. The summed E-state index contributed by atoms with van der Waals surface area (Å²) in [5.41, 5.74) is 0. The van der Waals surface area contributed by atoms with Crippen LogP contribution in [0.2, 0.25) is 0 Å². The molecule has 0 aromatic heterocycles. The number of aliphatic hydroxyl groups is 1. The van der Waals surface area contributed by atoms with Crippen molar-refractivity contribution in [1.29, 1.82) is 0 Å². The van der Waals surface area contributed by atoms with Crippen LogP contribution in [0.5, 0.6) is 0 Å². The van der Waals surface area contributed by atoms with Crippen molar-refractivity contribution in [3.8, 4) is 0 Å². The first-order valence-electron chi connectivity index (χ1n) is 28.6. The SMILES string of the molecule is C/C=C/CC/C=C/CC/C=C/C(O)C(COP(=O)(O)OCC[N+](C)(C)C)NC(=O)CCCCCCCCCCCCCCCCCCC/C=C\C/C=C\CCCCCCCCCCCCCCC. The van der Waals surface area contributed by atoms with E-state index in [-0.39, 0.29) is 19.1 Å². The molecule has 0 rings (SSSR count). The standard InChI is InChI=1S/C59H111N2O6P/c1-6-8-10-12-14-16-17-18-19-20-21-22-23-24-25-26-27-28-29-30-31-32-33-34-35-36-37-38-39-40-41-42-43-45-47-49-51-53-59(63)60-57(56-67-68(64,65)66-55-54-61(3,4)5)58(62)52-50-48-46-44-15-13-11-9-7-2/h7,9,15,25-26,28-29,44,50,52,57-58,62H,6,8,10-14,16-24,27,30-43,45-49,51,53-56H2,1-5H3,(H-,60,63,64,65)/p+1/b9-7+,26-25-,29-28-,44-15+,52-50+.